The predicted molar refractivity (Wildman–Crippen MR) is 243 cm³/mol. The molecule has 0 unspecified atom stereocenters. The summed E-state index contributed by atoms with van der Waals surface area (Å²) in [5, 5.41) is 0. The third-order valence-electron chi connectivity index (χ3n) is 14.6. The summed E-state index contributed by atoms with van der Waals surface area (Å²) in [6, 6.07) is 78.7. The lowest BCUT2D eigenvalue weighted by atomic mass is 9.51. The van der Waals surface area contributed by atoms with Gasteiger partial charge in [0, 0.05) is 5.41 Å². The fourth-order valence-corrected chi connectivity index (χ4v) is 12.3. The first-order valence-corrected chi connectivity index (χ1v) is 21.0. The van der Waals surface area contributed by atoms with E-state index in [1.54, 1.807) is 0 Å². The molecule has 4 aliphatic rings. The van der Waals surface area contributed by atoms with E-state index < -0.39 is 10.8 Å². The molecule has 0 saturated heterocycles. The lowest BCUT2D eigenvalue weighted by molar-refractivity contribution is 0.634. The Morgan fingerprint density at radius 3 is 1.14 bits per heavy atom. The molecule has 4 aliphatic carbocycles. The minimum absolute atomic E-state index is 0.0448. The average Bonchev–Trinajstić information content (AvgIpc) is 3.85. The third kappa shape index (κ3) is 3.95. The van der Waals surface area contributed by atoms with Crippen LogP contribution >= 0.6 is 0 Å². The van der Waals surface area contributed by atoms with Gasteiger partial charge in [-0.25, -0.2) is 0 Å². The van der Waals surface area contributed by atoms with Gasteiger partial charge in [-0.2, -0.15) is 0 Å². The molecule has 2 spiro atoms. The Labute approximate surface area is 346 Å². The van der Waals surface area contributed by atoms with Gasteiger partial charge < -0.3 is 0 Å². The van der Waals surface area contributed by atoms with E-state index in [1.807, 2.05) is 0 Å². The van der Waals surface area contributed by atoms with Crippen LogP contribution in [0.15, 0.2) is 206 Å². The number of hydrogen-bond acceptors (Lipinski definition) is 0. The molecule has 9 aromatic rings. The Hall–Kier alpha value is -7.02. The zero-order chi connectivity index (χ0) is 39.1. The Morgan fingerprint density at radius 2 is 0.593 bits per heavy atom. The maximum absolute atomic E-state index is 2.46. The van der Waals surface area contributed by atoms with Crippen molar-refractivity contribution in [3.63, 3.8) is 0 Å². The minimum atomic E-state index is -0.535. The monoisotopic (exact) mass is 748 g/mol. The Bertz CT molecular complexity index is 3150. The van der Waals surface area contributed by atoms with Crippen molar-refractivity contribution in [3.05, 3.63) is 262 Å². The second-order valence-electron chi connectivity index (χ2n) is 17.5. The van der Waals surface area contributed by atoms with Crippen molar-refractivity contribution in [2.75, 3.05) is 0 Å². The molecule has 0 radical (unpaired) electrons. The van der Waals surface area contributed by atoms with Crippen LogP contribution in [0.1, 0.15) is 69.5 Å². The zero-order valence-electron chi connectivity index (χ0n) is 33.1. The van der Waals surface area contributed by atoms with Crippen molar-refractivity contribution in [1.82, 2.24) is 0 Å². The summed E-state index contributed by atoms with van der Waals surface area (Å²) in [6.07, 6.45) is 0. The average molecular weight is 749 g/mol. The second-order valence-corrected chi connectivity index (χ2v) is 17.5. The third-order valence-corrected chi connectivity index (χ3v) is 14.6. The van der Waals surface area contributed by atoms with Gasteiger partial charge in [0.1, 0.15) is 0 Å². The summed E-state index contributed by atoms with van der Waals surface area (Å²) in [7, 11) is 0. The molecule has 276 valence electrons. The summed E-state index contributed by atoms with van der Waals surface area (Å²) in [5.74, 6) is 0. The maximum Gasteiger partial charge on any atom is 0.0725 e. The van der Waals surface area contributed by atoms with Crippen molar-refractivity contribution < 1.29 is 0 Å². The van der Waals surface area contributed by atoms with Gasteiger partial charge in [0.15, 0.2) is 0 Å². The number of rotatable bonds is 2. The lowest BCUT2D eigenvalue weighted by Crippen LogP contribution is -2.44. The van der Waals surface area contributed by atoms with E-state index in [0.717, 1.165) is 0 Å². The number of hydrogen-bond donors (Lipinski definition) is 0. The number of benzene rings is 9. The molecule has 0 N–H and O–H groups in total. The van der Waals surface area contributed by atoms with E-state index in [-0.39, 0.29) is 5.41 Å². The predicted octanol–water partition coefficient (Wildman–Crippen LogP) is 14.4. The molecule has 0 heteroatoms. The topological polar surface area (TPSA) is 0 Å². The quantitative estimate of drug-likeness (QED) is 0.165. The summed E-state index contributed by atoms with van der Waals surface area (Å²) < 4.78 is 0. The summed E-state index contributed by atoms with van der Waals surface area (Å²) in [5.41, 5.74) is 25.6. The summed E-state index contributed by atoms with van der Waals surface area (Å²) in [4.78, 5) is 0. The first-order valence-electron chi connectivity index (χ1n) is 21.0. The zero-order valence-corrected chi connectivity index (χ0v) is 33.1. The molecule has 0 aliphatic heterocycles. The van der Waals surface area contributed by atoms with Gasteiger partial charge in [-0.05, 0) is 117 Å². The van der Waals surface area contributed by atoms with Gasteiger partial charge in [0.2, 0.25) is 0 Å². The molecule has 0 bridgehead atoms. The smallest absolute Gasteiger partial charge is 0.0619 e. The number of fused-ring (bicyclic) bond motifs is 19. The van der Waals surface area contributed by atoms with Crippen LogP contribution in [-0.2, 0) is 16.2 Å². The van der Waals surface area contributed by atoms with Crippen molar-refractivity contribution in [2.45, 2.75) is 30.1 Å². The fraction of sp³-hybridized carbons (Fsp3) is 0.0847. The fourth-order valence-electron chi connectivity index (χ4n) is 12.3. The highest BCUT2D eigenvalue weighted by molar-refractivity contribution is 5.96. The molecular formula is C59H40. The second kappa shape index (κ2) is 11.6. The summed E-state index contributed by atoms with van der Waals surface area (Å²) in [6.45, 7) is 4.73. The standard InChI is InChI=1S/C59H40/c1-57(2)47-22-8-3-16-41(47)46-35-34-39(36-55(46)57)37-30-32-38(33-31-37)40-21-15-29-54-56(40)59(50-25-11-6-19-44(50)45-20-7-12-26-51(45)59)53-28-14-13-27-52(53)58(54)48-23-9-4-17-42(48)43-18-5-10-24-49(43)58/h3-36H,1-2H3. The van der Waals surface area contributed by atoms with Gasteiger partial charge >= 0.3 is 0 Å². The van der Waals surface area contributed by atoms with Crippen LogP contribution in [-0.4, -0.2) is 0 Å². The molecular weight excluding hydrogens is 709 g/mol. The highest BCUT2D eigenvalue weighted by atomic mass is 14.6. The van der Waals surface area contributed by atoms with Crippen molar-refractivity contribution in [2.24, 2.45) is 0 Å². The highest BCUT2D eigenvalue weighted by Crippen LogP contribution is 2.68. The van der Waals surface area contributed by atoms with Crippen LogP contribution in [0.2, 0.25) is 0 Å². The van der Waals surface area contributed by atoms with Crippen LogP contribution in [0.5, 0.6) is 0 Å². The molecule has 0 aromatic heterocycles. The van der Waals surface area contributed by atoms with E-state index in [0.29, 0.717) is 0 Å². The Balaban J connectivity index is 1.10. The van der Waals surface area contributed by atoms with E-state index >= 15 is 0 Å². The molecule has 0 amide bonds. The summed E-state index contributed by atoms with van der Waals surface area (Å²) >= 11 is 0. The Morgan fingerprint density at radius 1 is 0.237 bits per heavy atom. The maximum atomic E-state index is 2.46. The van der Waals surface area contributed by atoms with Crippen molar-refractivity contribution in [1.29, 1.82) is 0 Å². The van der Waals surface area contributed by atoms with Gasteiger partial charge in [0.05, 0.1) is 10.8 Å². The molecule has 9 aromatic carbocycles. The molecule has 0 heterocycles. The minimum Gasteiger partial charge on any atom is -0.0619 e. The first kappa shape index (κ1) is 33.0. The van der Waals surface area contributed by atoms with Crippen LogP contribution < -0.4 is 0 Å². The van der Waals surface area contributed by atoms with Crippen molar-refractivity contribution >= 4 is 0 Å². The molecule has 0 atom stereocenters. The molecule has 0 fully saturated rings. The van der Waals surface area contributed by atoms with E-state index in [1.165, 1.54) is 111 Å². The largest absolute Gasteiger partial charge is 0.0725 e. The van der Waals surface area contributed by atoms with Crippen LogP contribution in [0.3, 0.4) is 0 Å². The van der Waals surface area contributed by atoms with E-state index in [9.17, 15) is 0 Å². The van der Waals surface area contributed by atoms with Crippen LogP contribution in [0, 0.1) is 0 Å². The van der Waals surface area contributed by atoms with Gasteiger partial charge in [-0.15, -0.1) is 0 Å². The van der Waals surface area contributed by atoms with E-state index in [2.05, 4.69) is 220 Å². The first-order chi connectivity index (χ1) is 29.0. The molecule has 59 heavy (non-hydrogen) atoms. The normalized spacial score (nSPS) is 15.7. The van der Waals surface area contributed by atoms with Crippen LogP contribution in [0.4, 0.5) is 0 Å². The van der Waals surface area contributed by atoms with Crippen molar-refractivity contribution in [3.8, 4) is 55.6 Å². The Kier molecular flexibility index (Phi) is 6.46. The molecule has 0 nitrogen and oxygen atoms in total. The highest BCUT2D eigenvalue weighted by Gasteiger charge is 2.59. The molecule has 0 saturated carbocycles. The van der Waals surface area contributed by atoms with Gasteiger partial charge in [-0.1, -0.05) is 214 Å². The van der Waals surface area contributed by atoms with Gasteiger partial charge in [0.25, 0.3) is 0 Å². The molecule has 13 rings (SSSR count). The SMILES string of the molecule is CC1(C)c2ccccc2-c2ccc(-c3ccc(-c4cccc5c4C4(c6ccccc6-c6ccccc64)c4ccccc4C54c5ccccc5-c5ccccc54)cc3)cc21. The van der Waals surface area contributed by atoms with Gasteiger partial charge in [-0.3, -0.25) is 0 Å². The van der Waals surface area contributed by atoms with E-state index in [4.69, 9.17) is 0 Å². The van der Waals surface area contributed by atoms with Crippen LogP contribution in [0.25, 0.3) is 55.6 Å². The lowest BCUT2D eigenvalue weighted by Gasteiger charge is -2.49.